The van der Waals surface area contributed by atoms with Crippen LogP contribution in [0.3, 0.4) is 0 Å². The topological polar surface area (TPSA) is 75.9 Å². The lowest BCUT2D eigenvalue weighted by molar-refractivity contribution is -0.129. The summed E-state index contributed by atoms with van der Waals surface area (Å²) in [6, 6.07) is 7.49. The molecule has 22 heavy (non-hydrogen) atoms. The molecule has 0 aromatic heterocycles. The number of rotatable bonds is 4. The minimum Gasteiger partial charge on any atom is -0.442 e. The Labute approximate surface area is 133 Å². The van der Waals surface area contributed by atoms with Crippen LogP contribution in [-0.2, 0) is 16.0 Å². The summed E-state index contributed by atoms with van der Waals surface area (Å²) in [6.07, 6.45) is 0.142. The van der Waals surface area contributed by atoms with Gasteiger partial charge in [0.05, 0.1) is 19.1 Å². The van der Waals surface area contributed by atoms with Crippen LogP contribution in [0.1, 0.15) is 5.56 Å². The number of benzene rings is 1. The van der Waals surface area contributed by atoms with E-state index < -0.39 is 0 Å². The molecule has 2 aliphatic heterocycles. The van der Waals surface area contributed by atoms with E-state index in [1.807, 2.05) is 24.3 Å². The molecule has 1 aromatic carbocycles. The number of hydrogen-bond donors (Lipinski definition) is 1. The molecular weight excluding hydrogens is 306 g/mol. The average Bonchev–Trinajstić information content (AvgIpc) is 3.02. The third-order valence-corrected chi connectivity index (χ3v) is 4.42. The molecule has 2 amide bonds. The Morgan fingerprint density at radius 2 is 2.23 bits per heavy atom. The van der Waals surface area contributed by atoms with E-state index in [9.17, 15) is 9.59 Å². The summed E-state index contributed by atoms with van der Waals surface area (Å²) in [6.45, 7) is 1.45. The van der Waals surface area contributed by atoms with Crippen molar-refractivity contribution in [3.05, 3.63) is 34.9 Å². The van der Waals surface area contributed by atoms with E-state index in [2.05, 4.69) is 0 Å². The summed E-state index contributed by atoms with van der Waals surface area (Å²) in [5.41, 5.74) is 6.45. The standard InChI is InChI=1S/C15H18ClN3O3/c16-11-3-1-2-10(6-11)4-5-19-12-8-18(14(20)7-17)9-13(12)22-15(19)21/h1-3,6,12-13H,4-5,7-9,17H2/t12-,13+/m0/s1. The van der Waals surface area contributed by atoms with Crippen LogP contribution >= 0.6 is 11.6 Å². The number of ether oxygens (including phenoxy) is 1. The Morgan fingerprint density at radius 3 is 2.95 bits per heavy atom. The zero-order valence-corrected chi connectivity index (χ0v) is 12.8. The second kappa shape index (κ2) is 6.14. The van der Waals surface area contributed by atoms with Gasteiger partial charge in [0.1, 0.15) is 6.10 Å². The second-order valence-corrected chi connectivity index (χ2v) is 6.00. The number of carbonyl (C=O) groups is 2. The summed E-state index contributed by atoms with van der Waals surface area (Å²) < 4.78 is 5.36. The van der Waals surface area contributed by atoms with Crippen molar-refractivity contribution in [2.24, 2.45) is 5.73 Å². The van der Waals surface area contributed by atoms with E-state index in [0.717, 1.165) is 5.56 Å². The zero-order chi connectivity index (χ0) is 15.7. The quantitative estimate of drug-likeness (QED) is 0.892. The molecule has 118 valence electrons. The molecule has 3 rings (SSSR count). The van der Waals surface area contributed by atoms with E-state index in [0.29, 0.717) is 31.1 Å². The fourth-order valence-electron chi connectivity index (χ4n) is 3.04. The maximum atomic E-state index is 12.0. The molecule has 0 bridgehead atoms. The first-order chi connectivity index (χ1) is 10.6. The number of likely N-dealkylation sites (tertiary alicyclic amines) is 1. The van der Waals surface area contributed by atoms with Gasteiger partial charge in [0.2, 0.25) is 5.91 Å². The third-order valence-electron chi connectivity index (χ3n) is 4.18. The van der Waals surface area contributed by atoms with E-state index in [1.165, 1.54) is 0 Å². The van der Waals surface area contributed by atoms with Crippen LogP contribution in [0.5, 0.6) is 0 Å². The Bertz CT molecular complexity index is 595. The highest BCUT2D eigenvalue weighted by molar-refractivity contribution is 6.30. The normalized spacial score (nSPS) is 23.6. The lowest BCUT2D eigenvalue weighted by atomic mass is 10.1. The van der Waals surface area contributed by atoms with Gasteiger partial charge in [0, 0.05) is 18.1 Å². The minimum absolute atomic E-state index is 0.0180. The van der Waals surface area contributed by atoms with Crippen LogP contribution < -0.4 is 5.73 Å². The lowest BCUT2D eigenvalue weighted by Crippen LogP contribution is -2.41. The maximum absolute atomic E-state index is 12.0. The van der Waals surface area contributed by atoms with Crippen LogP contribution in [-0.4, -0.2) is 60.1 Å². The summed E-state index contributed by atoms with van der Waals surface area (Å²) in [4.78, 5) is 27.0. The Morgan fingerprint density at radius 1 is 1.41 bits per heavy atom. The van der Waals surface area contributed by atoms with E-state index >= 15 is 0 Å². The van der Waals surface area contributed by atoms with Gasteiger partial charge in [0.25, 0.3) is 0 Å². The molecular formula is C15H18ClN3O3. The smallest absolute Gasteiger partial charge is 0.410 e. The lowest BCUT2D eigenvalue weighted by Gasteiger charge is -2.22. The Kier molecular flexibility index (Phi) is 4.22. The summed E-state index contributed by atoms with van der Waals surface area (Å²) in [5.74, 6) is -0.111. The van der Waals surface area contributed by atoms with Crippen LogP contribution in [0.4, 0.5) is 4.79 Å². The molecule has 2 N–H and O–H groups in total. The predicted octanol–water partition coefficient (Wildman–Crippen LogP) is 0.873. The summed E-state index contributed by atoms with van der Waals surface area (Å²) in [5, 5.41) is 0.681. The zero-order valence-electron chi connectivity index (χ0n) is 12.1. The molecule has 0 unspecified atom stereocenters. The fraction of sp³-hybridized carbons (Fsp3) is 0.467. The number of amides is 2. The monoisotopic (exact) mass is 323 g/mol. The van der Waals surface area contributed by atoms with E-state index in [4.69, 9.17) is 22.1 Å². The van der Waals surface area contributed by atoms with E-state index in [1.54, 1.807) is 9.80 Å². The van der Waals surface area contributed by atoms with E-state index in [-0.39, 0.29) is 30.7 Å². The highest BCUT2D eigenvalue weighted by Gasteiger charge is 2.48. The Balaban J connectivity index is 1.63. The van der Waals surface area contributed by atoms with Crippen molar-refractivity contribution < 1.29 is 14.3 Å². The molecule has 1 aromatic rings. The fourth-order valence-corrected chi connectivity index (χ4v) is 3.25. The first kappa shape index (κ1) is 15.1. The van der Waals surface area contributed by atoms with Gasteiger partial charge in [-0.25, -0.2) is 4.79 Å². The van der Waals surface area contributed by atoms with Gasteiger partial charge >= 0.3 is 6.09 Å². The average molecular weight is 324 g/mol. The first-order valence-corrected chi connectivity index (χ1v) is 7.66. The SMILES string of the molecule is NCC(=O)N1C[C@H]2OC(=O)N(CCc3cccc(Cl)c3)[C@H]2C1. The molecule has 2 heterocycles. The van der Waals surface area contributed by atoms with Crippen molar-refractivity contribution >= 4 is 23.6 Å². The van der Waals surface area contributed by atoms with Gasteiger partial charge < -0.3 is 15.4 Å². The molecule has 0 aliphatic carbocycles. The van der Waals surface area contributed by atoms with Crippen molar-refractivity contribution in [2.75, 3.05) is 26.2 Å². The molecule has 2 aliphatic rings. The highest BCUT2D eigenvalue weighted by Crippen LogP contribution is 2.27. The van der Waals surface area contributed by atoms with Gasteiger partial charge in [-0.1, -0.05) is 23.7 Å². The first-order valence-electron chi connectivity index (χ1n) is 7.28. The number of hydrogen-bond acceptors (Lipinski definition) is 4. The third kappa shape index (κ3) is 2.89. The molecule has 0 spiro atoms. The van der Waals surface area contributed by atoms with Gasteiger partial charge in [-0.2, -0.15) is 0 Å². The predicted molar refractivity (Wildman–Crippen MR) is 81.6 cm³/mol. The molecule has 2 saturated heterocycles. The van der Waals surface area contributed by atoms with Crippen molar-refractivity contribution in [3.8, 4) is 0 Å². The number of halogens is 1. The molecule has 7 heteroatoms. The van der Waals surface area contributed by atoms with Gasteiger partial charge in [-0.15, -0.1) is 0 Å². The van der Waals surface area contributed by atoms with Crippen LogP contribution in [0.25, 0.3) is 0 Å². The molecule has 2 fully saturated rings. The molecule has 6 nitrogen and oxygen atoms in total. The molecule has 0 saturated carbocycles. The Hall–Kier alpha value is -1.79. The van der Waals surface area contributed by atoms with Gasteiger partial charge in [-0.3, -0.25) is 9.69 Å². The summed E-state index contributed by atoms with van der Waals surface area (Å²) >= 11 is 5.97. The van der Waals surface area contributed by atoms with Gasteiger partial charge in [-0.05, 0) is 24.1 Å². The van der Waals surface area contributed by atoms with Crippen LogP contribution in [0, 0.1) is 0 Å². The van der Waals surface area contributed by atoms with Crippen LogP contribution in [0.2, 0.25) is 5.02 Å². The number of fused-ring (bicyclic) bond motifs is 1. The molecule has 0 radical (unpaired) electrons. The largest absolute Gasteiger partial charge is 0.442 e. The molecule has 2 atom stereocenters. The number of nitrogens with zero attached hydrogens (tertiary/aromatic N) is 2. The van der Waals surface area contributed by atoms with Gasteiger partial charge in [0.15, 0.2) is 0 Å². The maximum Gasteiger partial charge on any atom is 0.410 e. The van der Waals surface area contributed by atoms with Crippen molar-refractivity contribution in [1.29, 1.82) is 0 Å². The highest BCUT2D eigenvalue weighted by atomic mass is 35.5. The van der Waals surface area contributed by atoms with Crippen LogP contribution in [0.15, 0.2) is 24.3 Å². The van der Waals surface area contributed by atoms with Crippen molar-refractivity contribution in [2.45, 2.75) is 18.6 Å². The number of carbonyl (C=O) groups excluding carboxylic acids is 2. The summed E-state index contributed by atoms with van der Waals surface area (Å²) in [7, 11) is 0. The minimum atomic E-state index is -0.308. The second-order valence-electron chi connectivity index (χ2n) is 5.57. The van der Waals surface area contributed by atoms with Crippen molar-refractivity contribution in [3.63, 3.8) is 0 Å². The van der Waals surface area contributed by atoms with Crippen molar-refractivity contribution in [1.82, 2.24) is 9.80 Å². The number of nitrogens with two attached hydrogens (primary N) is 1.